The smallest absolute Gasteiger partial charge is 0.462 e. The molecule has 0 aliphatic heterocycles. The molecule has 103 heavy (non-hydrogen) atoms. The lowest BCUT2D eigenvalue weighted by atomic mass is 10.0. The number of phosphoric ester groups is 2. The van der Waals surface area contributed by atoms with Crippen LogP contribution in [0.1, 0.15) is 452 Å². The number of hydrogen-bond acceptors (Lipinski definition) is 15. The van der Waals surface area contributed by atoms with Crippen LogP contribution in [-0.4, -0.2) is 96.7 Å². The van der Waals surface area contributed by atoms with Crippen LogP contribution in [0.2, 0.25) is 0 Å². The molecule has 17 nitrogen and oxygen atoms in total. The SMILES string of the molecule is CCCCCCCCCCCCCCCCCCC(=O)OC[C@H](COP(=O)(O)OC[C@@H](O)COP(=O)(O)OC[C@@H](COC(=O)CCCCCCCCCCCCC)OC(=O)CCCCCCCCCCCCCCCCC)OC(=O)CCCCCCCCCCCCCCCCCCCCC(C)C. The van der Waals surface area contributed by atoms with Crippen molar-refractivity contribution in [3.63, 3.8) is 0 Å². The van der Waals surface area contributed by atoms with E-state index in [1.54, 1.807) is 0 Å². The molecule has 0 rings (SSSR count). The van der Waals surface area contributed by atoms with Gasteiger partial charge in [0.25, 0.3) is 0 Å². The van der Waals surface area contributed by atoms with Crippen molar-refractivity contribution in [1.29, 1.82) is 0 Å². The zero-order valence-corrected chi connectivity index (χ0v) is 69.3. The van der Waals surface area contributed by atoms with Gasteiger partial charge in [0.05, 0.1) is 26.4 Å². The van der Waals surface area contributed by atoms with Crippen LogP contribution in [0, 0.1) is 5.92 Å². The molecule has 0 aromatic carbocycles. The maximum Gasteiger partial charge on any atom is 0.472 e. The molecular weight excluding hydrogens is 1340 g/mol. The molecule has 3 N–H and O–H groups in total. The quantitative estimate of drug-likeness (QED) is 0.0222. The van der Waals surface area contributed by atoms with Gasteiger partial charge in [0.2, 0.25) is 0 Å². The summed E-state index contributed by atoms with van der Waals surface area (Å²) in [6.45, 7) is 7.39. The zero-order chi connectivity index (χ0) is 75.5. The van der Waals surface area contributed by atoms with Crippen molar-refractivity contribution in [2.45, 2.75) is 470 Å². The lowest BCUT2D eigenvalue weighted by Gasteiger charge is -2.21. The van der Waals surface area contributed by atoms with Gasteiger partial charge >= 0.3 is 39.5 Å². The summed E-state index contributed by atoms with van der Waals surface area (Å²) in [5.41, 5.74) is 0. The Bertz CT molecular complexity index is 1960. The van der Waals surface area contributed by atoms with Crippen molar-refractivity contribution in [3.8, 4) is 0 Å². The summed E-state index contributed by atoms with van der Waals surface area (Å²) in [6.07, 6.45) is 69.3. The number of rotatable bonds is 84. The third kappa shape index (κ3) is 78.0. The van der Waals surface area contributed by atoms with Gasteiger partial charge in [-0.15, -0.1) is 0 Å². The Morgan fingerprint density at radius 3 is 0.660 bits per heavy atom. The van der Waals surface area contributed by atoms with Crippen LogP contribution >= 0.6 is 15.6 Å². The van der Waals surface area contributed by atoms with Crippen LogP contribution in [0.3, 0.4) is 0 Å². The number of aliphatic hydroxyl groups is 1. The van der Waals surface area contributed by atoms with Gasteiger partial charge in [-0.3, -0.25) is 37.3 Å². The van der Waals surface area contributed by atoms with Crippen LogP contribution in [-0.2, 0) is 65.4 Å². The van der Waals surface area contributed by atoms with E-state index < -0.39 is 97.5 Å². The van der Waals surface area contributed by atoms with Gasteiger partial charge in [-0.1, -0.05) is 401 Å². The van der Waals surface area contributed by atoms with E-state index in [0.717, 1.165) is 95.8 Å². The number of aliphatic hydroxyl groups excluding tert-OH is 1. The predicted molar refractivity (Wildman–Crippen MR) is 423 cm³/mol. The topological polar surface area (TPSA) is 237 Å². The standard InChI is InChI=1S/C84H164O17P2/c1-6-9-12-15-18-21-24-26-28-35-38-43-48-53-58-63-68-82(87)95-74-80(101-84(89)70-65-60-55-50-45-40-36-32-30-29-31-34-37-42-46-51-56-61-66-77(4)5)76-99-103(92,93)97-72-78(85)71-96-102(90,91)98-75-79(73-94-81(86)67-62-57-52-47-41-23-20-17-14-11-8-3)100-83(88)69-64-59-54-49-44-39-33-27-25-22-19-16-13-10-7-2/h77-80,85H,6-76H2,1-5H3,(H,90,91)(H,92,93)/t78-,79+,80+/m0/s1. The first-order valence-corrected chi connectivity index (χ1v) is 46.6. The number of carbonyl (C=O) groups is 4. The van der Waals surface area contributed by atoms with Gasteiger partial charge in [-0.2, -0.15) is 0 Å². The molecule has 0 radical (unpaired) electrons. The fourth-order valence-electron chi connectivity index (χ4n) is 13.1. The molecule has 2 unspecified atom stereocenters. The number of phosphoric acid groups is 2. The maximum absolute atomic E-state index is 13.1. The van der Waals surface area contributed by atoms with E-state index in [-0.39, 0.29) is 25.7 Å². The Morgan fingerprint density at radius 1 is 0.262 bits per heavy atom. The summed E-state index contributed by atoms with van der Waals surface area (Å²) in [5, 5.41) is 10.7. The highest BCUT2D eigenvalue weighted by Gasteiger charge is 2.30. The monoisotopic (exact) mass is 1510 g/mol. The molecule has 0 aliphatic rings. The Hall–Kier alpha value is -1.94. The molecule has 0 saturated heterocycles. The molecule has 0 aromatic heterocycles. The highest BCUT2D eigenvalue weighted by molar-refractivity contribution is 7.47. The first-order chi connectivity index (χ1) is 50.0. The second kappa shape index (κ2) is 76.8. The molecule has 612 valence electrons. The maximum atomic E-state index is 13.1. The van der Waals surface area contributed by atoms with E-state index in [2.05, 4.69) is 34.6 Å². The minimum atomic E-state index is -4.96. The molecule has 0 aromatic rings. The van der Waals surface area contributed by atoms with E-state index >= 15 is 0 Å². The summed E-state index contributed by atoms with van der Waals surface area (Å²) in [5.74, 6) is -1.28. The Kier molecular flexibility index (Phi) is 75.4. The van der Waals surface area contributed by atoms with Crippen LogP contribution in [0.4, 0.5) is 0 Å². The molecule has 0 heterocycles. The van der Waals surface area contributed by atoms with Crippen molar-refractivity contribution in [3.05, 3.63) is 0 Å². The van der Waals surface area contributed by atoms with Crippen molar-refractivity contribution >= 4 is 39.5 Å². The summed E-state index contributed by atoms with van der Waals surface area (Å²) in [4.78, 5) is 73.1. The van der Waals surface area contributed by atoms with Crippen LogP contribution in [0.5, 0.6) is 0 Å². The minimum absolute atomic E-state index is 0.109. The normalized spacial score (nSPS) is 13.8. The molecule has 0 spiro atoms. The molecule has 0 amide bonds. The second-order valence-corrected chi connectivity index (χ2v) is 33.6. The van der Waals surface area contributed by atoms with E-state index in [1.165, 1.54) is 276 Å². The molecule has 5 atom stereocenters. The first kappa shape index (κ1) is 101. The van der Waals surface area contributed by atoms with Crippen molar-refractivity contribution in [2.75, 3.05) is 39.6 Å². The molecule has 0 fully saturated rings. The van der Waals surface area contributed by atoms with Crippen LogP contribution in [0.25, 0.3) is 0 Å². The summed E-state index contributed by atoms with van der Waals surface area (Å²) < 4.78 is 68.8. The molecule has 0 aliphatic carbocycles. The van der Waals surface area contributed by atoms with Gasteiger partial charge in [-0.25, -0.2) is 9.13 Å². The lowest BCUT2D eigenvalue weighted by Crippen LogP contribution is -2.30. The van der Waals surface area contributed by atoms with Crippen LogP contribution in [0.15, 0.2) is 0 Å². The number of carbonyl (C=O) groups excluding carboxylic acids is 4. The Balaban J connectivity index is 5.23. The van der Waals surface area contributed by atoms with Crippen molar-refractivity contribution in [2.24, 2.45) is 5.92 Å². The summed E-state index contributed by atoms with van der Waals surface area (Å²) in [6, 6.07) is 0. The number of ether oxygens (including phenoxy) is 4. The van der Waals surface area contributed by atoms with E-state index in [9.17, 15) is 43.2 Å². The fraction of sp³-hybridized carbons (Fsp3) is 0.952. The largest absolute Gasteiger partial charge is 0.472 e. The van der Waals surface area contributed by atoms with Crippen molar-refractivity contribution < 1.29 is 80.2 Å². The lowest BCUT2D eigenvalue weighted by molar-refractivity contribution is -0.161. The highest BCUT2D eigenvalue weighted by atomic mass is 31.2. The Morgan fingerprint density at radius 2 is 0.447 bits per heavy atom. The Labute approximate surface area is 632 Å². The average Bonchev–Trinajstić information content (AvgIpc) is 0.916. The van der Waals surface area contributed by atoms with Gasteiger partial charge in [-0.05, 0) is 31.6 Å². The summed E-state index contributed by atoms with van der Waals surface area (Å²) >= 11 is 0. The first-order valence-electron chi connectivity index (χ1n) is 43.6. The van der Waals surface area contributed by atoms with E-state index in [4.69, 9.17) is 37.0 Å². The van der Waals surface area contributed by atoms with Crippen LogP contribution < -0.4 is 0 Å². The highest BCUT2D eigenvalue weighted by Crippen LogP contribution is 2.45. The average molecular weight is 1510 g/mol. The van der Waals surface area contributed by atoms with Gasteiger partial charge in [0, 0.05) is 25.7 Å². The van der Waals surface area contributed by atoms with Gasteiger partial charge in [0.1, 0.15) is 19.3 Å². The van der Waals surface area contributed by atoms with Crippen molar-refractivity contribution in [1.82, 2.24) is 0 Å². The van der Waals surface area contributed by atoms with Gasteiger partial charge in [0.15, 0.2) is 12.2 Å². The summed E-state index contributed by atoms with van der Waals surface area (Å²) in [7, 11) is -9.92. The molecule has 19 heteroatoms. The second-order valence-electron chi connectivity index (χ2n) is 30.7. The minimum Gasteiger partial charge on any atom is -0.462 e. The molecule has 0 bridgehead atoms. The van der Waals surface area contributed by atoms with E-state index in [0.29, 0.717) is 25.7 Å². The molecular formula is C84H164O17P2. The number of hydrogen-bond donors (Lipinski definition) is 3. The fourth-order valence-corrected chi connectivity index (χ4v) is 14.7. The molecule has 0 saturated carbocycles. The number of unbranched alkanes of at least 4 members (excludes halogenated alkanes) is 56. The van der Waals surface area contributed by atoms with Gasteiger partial charge < -0.3 is 33.8 Å². The number of esters is 4. The zero-order valence-electron chi connectivity index (χ0n) is 67.5. The third-order valence-corrected chi connectivity index (χ3v) is 21.7. The van der Waals surface area contributed by atoms with E-state index in [1.807, 2.05) is 0 Å². The predicted octanol–water partition coefficient (Wildman–Crippen LogP) is 25.6. The third-order valence-electron chi connectivity index (χ3n) is 19.8.